The summed E-state index contributed by atoms with van der Waals surface area (Å²) in [5, 5.41) is 9.47. The Labute approximate surface area is 182 Å². The smallest absolute Gasteiger partial charge is 0.412 e. The molecule has 0 aliphatic rings. The largest absolute Gasteiger partial charge is 0.444 e. The van der Waals surface area contributed by atoms with Gasteiger partial charge in [-0.3, -0.25) is 10.3 Å². The molecule has 0 radical (unpaired) electrons. The number of hydrogen-bond donors (Lipinski definition) is 3. The van der Waals surface area contributed by atoms with Gasteiger partial charge in [0.1, 0.15) is 5.60 Å². The molecule has 30 heavy (non-hydrogen) atoms. The van der Waals surface area contributed by atoms with Gasteiger partial charge in [0.2, 0.25) is 0 Å². The number of rotatable bonds is 11. The standard InChI is InChI=1S/C23H41N5O2/c1-7-28(8-2)18-10-9-16-25-21(24-6)26-17-15-19-11-13-20(14-12-19)27-22(29)30-23(3,4)5/h11-14H,7-10,15-18H2,1-6H3,(H,27,29)(H2,24,25,26). The first-order chi connectivity index (χ1) is 14.3. The molecule has 0 spiro atoms. The molecule has 0 heterocycles. The Morgan fingerprint density at radius 2 is 1.67 bits per heavy atom. The lowest BCUT2D eigenvalue weighted by Gasteiger charge is -2.19. The fraction of sp³-hybridized carbons (Fsp3) is 0.652. The van der Waals surface area contributed by atoms with Gasteiger partial charge in [0.05, 0.1) is 0 Å². The SMILES string of the molecule is CCN(CC)CCCCNC(=NC)NCCc1ccc(NC(=O)OC(C)(C)C)cc1. The average Bonchev–Trinajstić information content (AvgIpc) is 2.69. The van der Waals surface area contributed by atoms with Crippen molar-refractivity contribution in [2.45, 2.75) is 59.5 Å². The van der Waals surface area contributed by atoms with Crippen molar-refractivity contribution < 1.29 is 9.53 Å². The summed E-state index contributed by atoms with van der Waals surface area (Å²) in [7, 11) is 1.79. The minimum atomic E-state index is -0.506. The maximum absolute atomic E-state index is 11.8. The Hall–Kier alpha value is -2.28. The van der Waals surface area contributed by atoms with Crippen molar-refractivity contribution in [2.75, 3.05) is 45.1 Å². The first kappa shape index (κ1) is 25.8. The lowest BCUT2D eigenvalue weighted by atomic mass is 10.1. The zero-order valence-electron chi connectivity index (χ0n) is 19.7. The molecule has 7 nitrogen and oxygen atoms in total. The van der Waals surface area contributed by atoms with Crippen molar-refractivity contribution in [2.24, 2.45) is 4.99 Å². The number of nitrogens with zero attached hydrogens (tertiary/aromatic N) is 2. The molecule has 170 valence electrons. The van der Waals surface area contributed by atoms with E-state index in [4.69, 9.17) is 4.74 Å². The molecule has 0 unspecified atom stereocenters. The van der Waals surface area contributed by atoms with Crippen LogP contribution in [0.5, 0.6) is 0 Å². The van der Waals surface area contributed by atoms with Gasteiger partial charge in [0.15, 0.2) is 5.96 Å². The molecule has 0 aliphatic carbocycles. The highest BCUT2D eigenvalue weighted by Gasteiger charge is 2.16. The topological polar surface area (TPSA) is 78.0 Å². The molecule has 0 bridgehead atoms. The van der Waals surface area contributed by atoms with Crippen molar-refractivity contribution in [1.82, 2.24) is 15.5 Å². The predicted octanol–water partition coefficient (Wildman–Crippen LogP) is 3.86. The van der Waals surface area contributed by atoms with Gasteiger partial charge in [-0.25, -0.2) is 4.79 Å². The van der Waals surface area contributed by atoms with Crippen LogP contribution < -0.4 is 16.0 Å². The number of guanidine groups is 1. The Morgan fingerprint density at radius 1 is 1.03 bits per heavy atom. The molecule has 0 atom stereocenters. The molecule has 0 aliphatic heterocycles. The number of benzene rings is 1. The molecule has 1 rings (SSSR count). The lowest BCUT2D eigenvalue weighted by molar-refractivity contribution is 0.0636. The monoisotopic (exact) mass is 419 g/mol. The highest BCUT2D eigenvalue weighted by molar-refractivity contribution is 5.84. The summed E-state index contributed by atoms with van der Waals surface area (Å²) < 4.78 is 5.26. The first-order valence-electron chi connectivity index (χ1n) is 11.0. The molecule has 7 heteroatoms. The Balaban J connectivity index is 2.27. The normalized spacial score (nSPS) is 12.0. The van der Waals surface area contributed by atoms with Gasteiger partial charge in [-0.15, -0.1) is 0 Å². The second-order valence-corrected chi connectivity index (χ2v) is 8.23. The third kappa shape index (κ3) is 11.7. The Bertz CT molecular complexity index is 634. The van der Waals surface area contributed by atoms with Crippen LogP contribution in [0.4, 0.5) is 10.5 Å². The minimum Gasteiger partial charge on any atom is -0.444 e. The zero-order chi connectivity index (χ0) is 22.4. The summed E-state index contributed by atoms with van der Waals surface area (Å²) in [5.74, 6) is 0.834. The van der Waals surface area contributed by atoms with Crippen LogP contribution in [0.15, 0.2) is 29.3 Å². The van der Waals surface area contributed by atoms with Crippen LogP contribution in [0.25, 0.3) is 0 Å². The van der Waals surface area contributed by atoms with E-state index in [0.29, 0.717) is 0 Å². The molecule has 0 saturated heterocycles. The Kier molecular flexibility index (Phi) is 11.9. The van der Waals surface area contributed by atoms with Crippen LogP contribution in [0.1, 0.15) is 53.0 Å². The second kappa shape index (κ2) is 13.9. The third-order valence-corrected chi connectivity index (χ3v) is 4.62. The number of nitrogens with one attached hydrogen (secondary N) is 3. The summed E-state index contributed by atoms with van der Waals surface area (Å²) in [6.45, 7) is 15.0. The van der Waals surface area contributed by atoms with Crippen molar-refractivity contribution in [3.8, 4) is 0 Å². The molecule has 0 saturated carbocycles. The summed E-state index contributed by atoms with van der Waals surface area (Å²) >= 11 is 0. The number of anilines is 1. The molecular weight excluding hydrogens is 378 g/mol. The number of carbonyl (C=O) groups excluding carboxylic acids is 1. The summed E-state index contributed by atoms with van der Waals surface area (Å²) in [4.78, 5) is 18.5. The van der Waals surface area contributed by atoms with E-state index in [1.165, 1.54) is 12.0 Å². The number of aliphatic imine (C=N–C) groups is 1. The van der Waals surface area contributed by atoms with Gasteiger partial charge in [0.25, 0.3) is 0 Å². The minimum absolute atomic E-state index is 0.441. The molecule has 0 fully saturated rings. The van der Waals surface area contributed by atoms with Gasteiger partial charge < -0.3 is 20.3 Å². The molecule has 3 N–H and O–H groups in total. The molecule has 1 aromatic rings. The van der Waals surface area contributed by atoms with Gasteiger partial charge in [0, 0.05) is 25.8 Å². The average molecular weight is 420 g/mol. The predicted molar refractivity (Wildman–Crippen MR) is 126 cm³/mol. The van der Waals surface area contributed by atoms with Crippen LogP contribution >= 0.6 is 0 Å². The van der Waals surface area contributed by atoms with Crippen LogP contribution in [0.2, 0.25) is 0 Å². The highest BCUT2D eigenvalue weighted by Crippen LogP contribution is 2.13. The summed E-state index contributed by atoms with van der Waals surface area (Å²) in [6, 6.07) is 7.81. The molecule has 1 aromatic carbocycles. The van der Waals surface area contributed by atoms with Crippen LogP contribution in [-0.4, -0.2) is 62.3 Å². The van der Waals surface area contributed by atoms with Crippen LogP contribution in [-0.2, 0) is 11.2 Å². The summed E-state index contributed by atoms with van der Waals surface area (Å²) in [6.07, 6.45) is 2.75. The molecule has 1 amide bonds. The maximum Gasteiger partial charge on any atom is 0.412 e. The van der Waals surface area contributed by atoms with E-state index in [1.807, 2.05) is 45.0 Å². The van der Waals surface area contributed by atoms with E-state index >= 15 is 0 Å². The van der Waals surface area contributed by atoms with Crippen molar-refractivity contribution in [3.05, 3.63) is 29.8 Å². The molecule has 0 aromatic heterocycles. The van der Waals surface area contributed by atoms with E-state index in [1.54, 1.807) is 7.05 Å². The van der Waals surface area contributed by atoms with E-state index in [2.05, 4.69) is 39.7 Å². The van der Waals surface area contributed by atoms with Crippen molar-refractivity contribution in [1.29, 1.82) is 0 Å². The van der Waals surface area contributed by atoms with Crippen molar-refractivity contribution >= 4 is 17.7 Å². The maximum atomic E-state index is 11.8. The number of unbranched alkanes of at least 4 members (excludes halogenated alkanes) is 1. The van der Waals surface area contributed by atoms with Gasteiger partial charge in [-0.1, -0.05) is 26.0 Å². The van der Waals surface area contributed by atoms with E-state index < -0.39 is 11.7 Å². The number of carbonyl (C=O) groups is 1. The quantitative estimate of drug-likeness (QED) is 0.288. The third-order valence-electron chi connectivity index (χ3n) is 4.62. The van der Waals surface area contributed by atoms with E-state index in [9.17, 15) is 4.79 Å². The fourth-order valence-electron chi connectivity index (χ4n) is 2.93. The van der Waals surface area contributed by atoms with Crippen LogP contribution in [0.3, 0.4) is 0 Å². The number of hydrogen-bond acceptors (Lipinski definition) is 4. The first-order valence-corrected chi connectivity index (χ1v) is 11.0. The van der Waals surface area contributed by atoms with Gasteiger partial charge >= 0.3 is 6.09 Å². The van der Waals surface area contributed by atoms with Crippen molar-refractivity contribution in [3.63, 3.8) is 0 Å². The van der Waals surface area contributed by atoms with E-state index in [-0.39, 0.29) is 0 Å². The Morgan fingerprint density at radius 3 is 2.23 bits per heavy atom. The fourth-order valence-corrected chi connectivity index (χ4v) is 2.93. The number of amides is 1. The van der Waals surface area contributed by atoms with E-state index in [0.717, 1.165) is 57.2 Å². The van der Waals surface area contributed by atoms with Gasteiger partial charge in [-0.2, -0.15) is 0 Å². The van der Waals surface area contributed by atoms with Gasteiger partial charge in [-0.05, 0) is 77.4 Å². The second-order valence-electron chi connectivity index (χ2n) is 8.23. The van der Waals surface area contributed by atoms with Crippen LogP contribution in [0, 0.1) is 0 Å². The number of ether oxygens (including phenoxy) is 1. The molecular formula is C23H41N5O2. The zero-order valence-corrected chi connectivity index (χ0v) is 19.7. The summed E-state index contributed by atoms with van der Waals surface area (Å²) in [5.41, 5.74) is 1.41. The lowest BCUT2D eigenvalue weighted by Crippen LogP contribution is -2.39. The highest BCUT2D eigenvalue weighted by atomic mass is 16.6.